The third-order valence-electron chi connectivity index (χ3n) is 2.84. The van der Waals surface area contributed by atoms with E-state index in [2.05, 4.69) is 16.0 Å². The molecule has 0 saturated heterocycles. The molecule has 19 heavy (non-hydrogen) atoms. The second kappa shape index (κ2) is 5.81. The molecule has 0 aliphatic carbocycles. The molecule has 0 N–H and O–H groups in total. The number of ether oxygens (including phenoxy) is 1. The minimum atomic E-state index is 0.433. The molecule has 0 spiro atoms. The van der Waals surface area contributed by atoms with Crippen molar-refractivity contribution in [3.63, 3.8) is 0 Å². The zero-order chi connectivity index (χ0) is 13.8. The molecule has 0 saturated carbocycles. The number of aryl methyl sites for hydroxylation is 3. The van der Waals surface area contributed by atoms with Gasteiger partial charge in [0.05, 0.1) is 17.8 Å². The molecule has 0 atom stereocenters. The molecule has 0 aromatic carbocycles. The third kappa shape index (κ3) is 3.09. The highest BCUT2D eigenvalue weighted by atomic mass is 32.1. The number of nitriles is 1. The van der Waals surface area contributed by atoms with Crippen molar-refractivity contribution in [3.8, 4) is 11.9 Å². The monoisotopic (exact) mass is 273 g/mol. The average molecular weight is 273 g/mol. The van der Waals surface area contributed by atoms with Gasteiger partial charge in [-0.2, -0.15) is 5.26 Å². The first-order chi connectivity index (χ1) is 9.11. The molecule has 0 amide bonds. The normalized spacial score (nSPS) is 10.2. The number of rotatable bonds is 4. The van der Waals surface area contributed by atoms with E-state index in [0.29, 0.717) is 18.1 Å². The molecule has 5 heteroatoms. The van der Waals surface area contributed by atoms with E-state index in [1.165, 1.54) is 4.88 Å². The largest absolute Gasteiger partial charge is 0.476 e. The van der Waals surface area contributed by atoms with Crippen molar-refractivity contribution in [1.82, 2.24) is 9.97 Å². The molecule has 2 aromatic rings. The fraction of sp³-hybridized carbons (Fsp3) is 0.357. The molecule has 98 valence electrons. The van der Waals surface area contributed by atoms with Crippen LogP contribution in [0.5, 0.6) is 5.88 Å². The first-order valence-corrected chi connectivity index (χ1v) is 6.90. The van der Waals surface area contributed by atoms with Gasteiger partial charge in [-0.3, -0.25) is 0 Å². The molecule has 2 rings (SSSR count). The van der Waals surface area contributed by atoms with Crippen LogP contribution in [0, 0.1) is 32.1 Å². The fourth-order valence-electron chi connectivity index (χ4n) is 1.85. The van der Waals surface area contributed by atoms with Crippen molar-refractivity contribution in [2.24, 2.45) is 0 Å². The summed E-state index contributed by atoms with van der Waals surface area (Å²) in [5, 5.41) is 9.14. The van der Waals surface area contributed by atoms with Gasteiger partial charge in [0.25, 0.3) is 0 Å². The van der Waals surface area contributed by atoms with Crippen LogP contribution in [0.15, 0.2) is 11.6 Å². The van der Waals surface area contributed by atoms with Gasteiger partial charge in [0.15, 0.2) is 0 Å². The highest BCUT2D eigenvalue weighted by molar-refractivity contribution is 7.09. The summed E-state index contributed by atoms with van der Waals surface area (Å²) >= 11 is 1.62. The quantitative estimate of drug-likeness (QED) is 0.859. The zero-order valence-corrected chi connectivity index (χ0v) is 12.0. The molecule has 2 heterocycles. The van der Waals surface area contributed by atoms with E-state index in [9.17, 15) is 0 Å². The number of nitrogens with zero attached hydrogens (tertiary/aromatic N) is 3. The van der Waals surface area contributed by atoms with Gasteiger partial charge in [-0.25, -0.2) is 9.97 Å². The summed E-state index contributed by atoms with van der Waals surface area (Å²) in [7, 11) is 0. The molecule has 0 aliphatic rings. The van der Waals surface area contributed by atoms with Crippen molar-refractivity contribution in [2.45, 2.75) is 27.2 Å². The van der Waals surface area contributed by atoms with Gasteiger partial charge in [0, 0.05) is 17.0 Å². The fourth-order valence-corrected chi connectivity index (χ4v) is 2.61. The van der Waals surface area contributed by atoms with Crippen molar-refractivity contribution in [2.75, 3.05) is 6.61 Å². The molecule has 0 aliphatic heterocycles. The number of thiazole rings is 1. The molecule has 0 fully saturated rings. The van der Waals surface area contributed by atoms with Crippen LogP contribution in [0.25, 0.3) is 0 Å². The lowest BCUT2D eigenvalue weighted by molar-refractivity contribution is 0.308. The second-order valence-electron chi connectivity index (χ2n) is 4.33. The molecular formula is C14H15N3OS. The maximum atomic E-state index is 9.14. The lowest BCUT2D eigenvalue weighted by Crippen LogP contribution is -2.05. The minimum absolute atomic E-state index is 0.433. The van der Waals surface area contributed by atoms with Gasteiger partial charge in [-0.05, 0) is 32.4 Å². The Balaban J connectivity index is 2.08. The van der Waals surface area contributed by atoms with Gasteiger partial charge >= 0.3 is 0 Å². The summed E-state index contributed by atoms with van der Waals surface area (Å²) in [6.07, 6.45) is 0.788. The van der Waals surface area contributed by atoms with Crippen molar-refractivity contribution >= 4 is 11.3 Å². The maximum Gasteiger partial charge on any atom is 0.232 e. The van der Waals surface area contributed by atoms with E-state index in [1.807, 2.05) is 32.3 Å². The zero-order valence-electron chi connectivity index (χ0n) is 11.2. The van der Waals surface area contributed by atoms with Crippen LogP contribution < -0.4 is 4.74 Å². The number of hydrogen-bond donors (Lipinski definition) is 0. The van der Waals surface area contributed by atoms with E-state index in [-0.39, 0.29) is 0 Å². The van der Waals surface area contributed by atoms with Crippen LogP contribution in [0.3, 0.4) is 0 Å². The van der Waals surface area contributed by atoms with E-state index in [0.717, 1.165) is 23.4 Å². The summed E-state index contributed by atoms with van der Waals surface area (Å²) < 4.78 is 5.66. The van der Waals surface area contributed by atoms with Gasteiger partial charge in [0.1, 0.15) is 11.6 Å². The Morgan fingerprint density at radius 1 is 1.37 bits per heavy atom. The van der Waals surface area contributed by atoms with E-state index < -0.39 is 0 Å². The lowest BCUT2D eigenvalue weighted by atomic mass is 10.1. The van der Waals surface area contributed by atoms with Crippen molar-refractivity contribution in [1.29, 1.82) is 5.26 Å². The SMILES string of the molecule is Cc1cc(C)c(C#N)c(OCCc2scnc2C)n1. The predicted molar refractivity (Wildman–Crippen MR) is 74.5 cm³/mol. The predicted octanol–water partition coefficient (Wildman–Crippen LogP) is 2.96. The Hall–Kier alpha value is -1.93. The summed E-state index contributed by atoms with van der Waals surface area (Å²) in [6, 6.07) is 4.04. The molecular weight excluding hydrogens is 258 g/mol. The first-order valence-electron chi connectivity index (χ1n) is 6.02. The summed E-state index contributed by atoms with van der Waals surface area (Å²) in [6.45, 7) is 6.29. The van der Waals surface area contributed by atoms with Crippen molar-refractivity contribution in [3.05, 3.63) is 39.0 Å². The first kappa shape index (κ1) is 13.5. The summed E-state index contributed by atoms with van der Waals surface area (Å²) in [5.74, 6) is 0.433. The van der Waals surface area contributed by atoms with E-state index in [4.69, 9.17) is 10.00 Å². The highest BCUT2D eigenvalue weighted by Crippen LogP contribution is 2.20. The molecule has 0 bridgehead atoms. The molecule has 2 aromatic heterocycles. The van der Waals surface area contributed by atoms with Gasteiger partial charge < -0.3 is 4.74 Å². The van der Waals surface area contributed by atoms with E-state index >= 15 is 0 Å². The summed E-state index contributed by atoms with van der Waals surface area (Å²) in [4.78, 5) is 9.70. The van der Waals surface area contributed by atoms with Crippen molar-refractivity contribution < 1.29 is 4.74 Å². The Labute approximate surface area is 116 Å². The van der Waals surface area contributed by atoms with Gasteiger partial charge in [-0.1, -0.05) is 0 Å². The minimum Gasteiger partial charge on any atom is -0.476 e. The standard InChI is InChI=1S/C14H15N3OS/c1-9-6-10(2)17-14(12(9)7-15)18-5-4-13-11(3)16-8-19-13/h6,8H,4-5H2,1-3H3. The van der Waals surface area contributed by atoms with Crippen LogP contribution in [-0.4, -0.2) is 16.6 Å². The topological polar surface area (TPSA) is 58.8 Å². The van der Waals surface area contributed by atoms with Crippen LogP contribution in [0.2, 0.25) is 0 Å². The molecule has 0 unspecified atom stereocenters. The maximum absolute atomic E-state index is 9.14. The lowest BCUT2D eigenvalue weighted by Gasteiger charge is -2.09. The summed E-state index contributed by atoms with van der Waals surface area (Å²) in [5.41, 5.74) is 5.16. The number of hydrogen-bond acceptors (Lipinski definition) is 5. The molecule has 4 nitrogen and oxygen atoms in total. The van der Waals surface area contributed by atoms with Gasteiger partial charge in [-0.15, -0.1) is 11.3 Å². The third-order valence-corrected chi connectivity index (χ3v) is 3.83. The Morgan fingerprint density at radius 3 is 2.79 bits per heavy atom. The Morgan fingerprint density at radius 2 is 2.16 bits per heavy atom. The van der Waals surface area contributed by atoms with Crippen LogP contribution in [0.1, 0.15) is 27.4 Å². The highest BCUT2D eigenvalue weighted by Gasteiger charge is 2.10. The number of aromatic nitrogens is 2. The van der Waals surface area contributed by atoms with Crippen LogP contribution >= 0.6 is 11.3 Å². The Kier molecular flexibility index (Phi) is 4.13. The average Bonchev–Trinajstić information content (AvgIpc) is 2.75. The van der Waals surface area contributed by atoms with E-state index in [1.54, 1.807) is 11.3 Å². The van der Waals surface area contributed by atoms with Gasteiger partial charge in [0.2, 0.25) is 5.88 Å². The second-order valence-corrected chi connectivity index (χ2v) is 5.27. The van der Waals surface area contributed by atoms with Crippen LogP contribution in [-0.2, 0) is 6.42 Å². The smallest absolute Gasteiger partial charge is 0.232 e. The van der Waals surface area contributed by atoms with Crippen LogP contribution in [0.4, 0.5) is 0 Å². The number of pyridine rings is 1. The Bertz CT molecular complexity index is 628. The molecule has 0 radical (unpaired) electrons.